The minimum Gasteiger partial charge on any atom is -0.356 e. The molecule has 0 aromatic heterocycles. The SMILES string of the molecule is Cc1cccc2c1-c1ccc(Nc3ccc(-c4ccc(C5CCCCC5)cc4)cc3)cc1C2(c1ccccc1)c1ccccc1. The van der Waals surface area contributed by atoms with E-state index in [0.717, 1.165) is 17.3 Å². The third-order valence-electron chi connectivity index (χ3n) is 10.3. The van der Waals surface area contributed by atoms with Crippen molar-refractivity contribution >= 4 is 11.4 Å². The number of anilines is 2. The highest BCUT2D eigenvalue weighted by atomic mass is 14.9. The molecule has 6 aromatic rings. The van der Waals surface area contributed by atoms with Crippen molar-refractivity contribution < 1.29 is 0 Å². The minimum atomic E-state index is -0.398. The van der Waals surface area contributed by atoms with E-state index in [2.05, 4.69) is 158 Å². The molecule has 6 aromatic carbocycles. The van der Waals surface area contributed by atoms with Crippen LogP contribution in [0.5, 0.6) is 0 Å². The molecule has 1 fully saturated rings. The van der Waals surface area contributed by atoms with E-state index in [0.29, 0.717) is 0 Å². The zero-order chi connectivity index (χ0) is 30.2. The molecule has 1 heteroatoms. The van der Waals surface area contributed by atoms with Gasteiger partial charge in [-0.05, 0) is 106 Å². The summed E-state index contributed by atoms with van der Waals surface area (Å²) in [6, 6.07) is 54.0. The summed E-state index contributed by atoms with van der Waals surface area (Å²) in [5.41, 5.74) is 15.1. The highest BCUT2D eigenvalue weighted by Crippen LogP contribution is 2.57. The Hall–Kier alpha value is -4.88. The van der Waals surface area contributed by atoms with E-state index in [1.165, 1.54) is 87.7 Å². The Morgan fingerprint density at radius 2 is 1.13 bits per heavy atom. The Morgan fingerprint density at radius 1 is 0.533 bits per heavy atom. The Labute approximate surface area is 267 Å². The summed E-state index contributed by atoms with van der Waals surface area (Å²) in [7, 11) is 0. The van der Waals surface area contributed by atoms with Crippen molar-refractivity contribution in [2.75, 3.05) is 5.32 Å². The zero-order valence-corrected chi connectivity index (χ0v) is 26.0. The monoisotopic (exact) mass is 581 g/mol. The zero-order valence-electron chi connectivity index (χ0n) is 26.0. The molecule has 8 rings (SSSR count). The fourth-order valence-corrected chi connectivity index (χ4v) is 8.09. The Morgan fingerprint density at radius 3 is 1.78 bits per heavy atom. The van der Waals surface area contributed by atoms with Crippen molar-refractivity contribution in [1.29, 1.82) is 0 Å². The molecule has 1 saturated carbocycles. The molecule has 0 radical (unpaired) electrons. The van der Waals surface area contributed by atoms with Crippen molar-refractivity contribution in [3.8, 4) is 22.3 Å². The maximum Gasteiger partial charge on any atom is 0.0714 e. The van der Waals surface area contributed by atoms with E-state index in [4.69, 9.17) is 0 Å². The summed E-state index contributed by atoms with van der Waals surface area (Å²) in [6.45, 7) is 2.24. The van der Waals surface area contributed by atoms with Crippen molar-refractivity contribution in [3.05, 3.63) is 179 Å². The maximum atomic E-state index is 3.75. The summed E-state index contributed by atoms with van der Waals surface area (Å²) in [5.74, 6) is 0.742. The van der Waals surface area contributed by atoms with Crippen LogP contribution in [0.4, 0.5) is 11.4 Å². The minimum absolute atomic E-state index is 0.398. The standard InChI is InChI=1S/C44H39N/c1-31-12-11-19-41-43(31)40-29-28-39(30-42(40)44(41,36-15-7-3-8-16-36)37-17-9-4-10-18-37)45-38-26-24-35(25-27-38)34-22-20-33(21-23-34)32-13-5-2-6-14-32/h3-4,7-12,15-30,32,45H,2,5-6,13-14H2,1H3. The molecule has 2 aliphatic carbocycles. The lowest BCUT2D eigenvalue weighted by Crippen LogP contribution is -2.28. The van der Waals surface area contributed by atoms with E-state index < -0.39 is 5.41 Å². The molecule has 0 saturated heterocycles. The van der Waals surface area contributed by atoms with Gasteiger partial charge in [-0.1, -0.05) is 141 Å². The molecule has 2 aliphatic rings. The van der Waals surface area contributed by atoms with Gasteiger partial charge in [0.1, 0.15) is 0 Å². The number of benzene rings is 6. The number of hydrogen-bond donors (Lipinski definition) is 1. The molecule has 0 bridgehead atoms. The average molecular weight is 582 g/mol. The molecule has 220 valence electrons. The number of rotatable bonds is 6. The van der Waals surface area contributed by atoms with Gasteiger partial charge < -0.3 is 5.32 Å². The van der Waals surface area contributed by atoms with Crippen LogP contribution in [0.2, 0.25) is 0 Å². The molecule has 1 nitrogen and oxygen atoms in total. The third kappa shape index (κ3) is 4.79. The van der Waals surface area contributed by atoms with Crippen LogP contribution >= 0.6 is 0 Å². The number of fused-ring (bicyclic) bond motifs is 3. The first-order valence-corrected chi connectivity index (χ1v) is 16.6. The second-order valence-corrected chi connectivity index (χ2v) is 12.9. The van der Waals surface area contributed by atoms with Gasteiger partial charge in [0.25, 0.3) is 0 Å². The van der Waals surface area contributed by atoms with Gasteiger partial charge >= 0.3 is 0 Å². The van der Waals surface area contributed by atoms with Gasteiger partial charge in [0.15, 0.2) is 0 Å². The molecule has 45 heavy (non-hydrogen) atoms. The molecule has 0 aliphatic heterocycles. The number of hydrogen-bond acceptors (Lipinski definition) is 1. The Bertz CT molecular complexity index is 1890. The van der Waals surface area contributed by atoms with Gasteiger partial charge in [-0.25, -0.2) is 0 Å². The van der Waals surface area contributed by atoms with Crippen LogP contribution in [-0.2, 0) is 5.41 Å². The summed E-state index contributed by atoms with van der Waals surface area (Å²) >= 11 is 0. The second-order valence-electron chi connectivity index (χ2n) is 12.9. The maximum absolute atomic E-state index is 3.75. The van der Waals surface area contributed by atoms with Crippen molar-refractivity contribution in [2.45, 2.75) is 50.4 Å². The predicted molar refractivity (Wildman–Crippen MR) is 189 cm³/mol. The van der Waals surface area contributed by atoms with E-state index in [1.54, 1.807) is 0 Å². The molecule has 0 amide bonds. The lowest BCUT2D eigenvalue weighted by Gasteiger charge is -2.34. The Balaban J connectivity index is 1.15. The van der Waals surface area contributed by atoms with Crippen LogP contribution in [0.15, 0.2) is 146 Å². The van der Waals surface area contributed by atoms with Crippen LogP contribution in [-0.4, -0.2) is 0 Å². The highest BCUT2D eigenvalue weighted by molar-refractivity contribution is 5.89. The van der Waals surface area contributed by atoms with Crippen LogP contribution in [0.25, 0.3) is 22.3 Å². The fraction of sp³-hybridized carbons (Fsp3) is 0.182. The molecule has 0 spiro atoms. The average Bonchev–Trinajstić information content (AvgIpc) is 3.41. The summed E-state index contributed by atoms with van der Waals surface area (Å²) < 4.78 is 0. The number of aryl methyl sites for hydroxylation is 1. The first-order valence-electron chi connectivity index (χ1n) is 16.6. The lowest BCUT2D eigenvalue weighted by molar-refractivity contribution is 0.443. The van der Waals surface area contributed by atoms with Crippen LogP contribution in [0, 0.1) is 6.92 Å². The second kappa shape index (κ2) is 11.6. The summed E-state index contributed by atoms with van der Waals surface area (Å²) in [4.78, 5) is 0. The molecular formula is C44H39N. The topological polar surface area (TPSA) is 12.0 Å². The van der Waals surface area contributed by atoms with Gasteiger partial charge in [-0.15, -0.1) is 0 Å². The summed E-state index contributed by atoms with van der Waals surface area (Å²) in [5, 5.41) is 3.75. The van der Waals surface area contributed by atoms with Crippen molar-refractivity contribution in [3.63, 3.8) is 0 Å². The molecule has 1 N–H and O–H groups in total. The van der Waals surface area contributed by atoms with E-state index in [1.807, 2.05) is 0 Å². The van der Waals surface area contributed by atoms with Crippen LogP contribution in [0.3, 0.4) is 0 Å². The quantitative estimate of drug-likeness (QED) is 0.206. The van der Waals surface area contributed by atoms with Crippen LogP contribution < -0.4 is 5.32 Å². The Kier molecular flexibility index (Phi) is 7.10. The fourth-order valence-electron chi connectivity index (χ4n) is 8.09. The van der Waals surface area contributed by atoms with Gasteiger partial charge in [-0.3, -0.25) is 0 Å². The first kappa shape index (κ1) is 27.7. The normalized spacial score (nSPS) is 15.3. The summed E-state index contributed by atoms with van der Waals surface area (Å²) in [6.07, 6.45) is 6.82. The molecular weight excluding hydrogens is 542 g/mol. The van der Waals surface area contributed by atoms with Crippen molar-refractivity contribution in [1.82, 2.24) is 0 Å². The van der Waals surface area contributed by atoms with Crippen molar-refractivity contribution in [2.24, 2.45) is 0 Å². The first-order chi connectivity index (χ1) is 22.2. The molecule has 0 heterocycles. The smallest absolute Gasteiger partial charge is 0.0714 e. The van der Waals surface area contributed by atoms with E-state index in [-0.39, 0.29) is 0 Å². The largest absolute Gasteiger partial charge is 0.356 e. The van der Waals surface area contributed by atoms with E-state index >= 15 is 0 Å². The van der Waals surface area contributed by atoms with Gasteiger partial charge in [0, 0.05) is 11.4 Å². The molecule has 0 unspecified atom stereocenters. The number of nitrogens with one attached hydrogen (secondary N) is 1. The van der Waals surface area contributed by atoms with E-state index in [9.17, 15) is 0 Å². The van der Waals surface area contributed by atoms with Gasteiger partial charge in [-0.2, -0.15) is 0 Å². The third-order valence-corrected chi connectivity index (χ3v) is 10.3. The predicted octanol–water partition coefficient (Wildman–Crippen LogP) is 11.8. The highest BCUT2D eigenvalue weighted by Gasteiger charge is 2.46. The van der Waals surface area contributed by atoms with Gasteiger partial charge in [0.2, 0.25) is 0 Å². The van der Waals surface area contributed by atoms with Crippen LogP contribution in [0.1, 0.15) is 71.4 Å². The molecule has 0 atom stereocenters. The lowest BCUT2D eigenvalue weighted by atomic mass is 9.67. The van der Waals surface area contributed by atoms with Gasteiger partial charge in [0.05, 0.1) is 5.41 Å².